The molecule has 1 aliphatic rings. The third-order valence-corrected chi connectivity index (χ3v) is 5.39. The number of rotatable bonds is 7. The van der Waals surface area contributed by atoms with Crippen molar-refractivity contribution < 1.29 is 9.59 Å². The lowest BCUT2D eigenvalue weighted by atomic mass is 9.86. The molecule has 0 bridgehead atoms. The summed E-state index contributed by atoms with van der Waals surface area (Å²) in [6, 6.07) is -0.494. The van der Waals surface area contributed by atoms with Gasteiger partial charge in [0.1, 0.15) is 11.5 Å². The molecule has 0 saturated heterocycles. The van der Waals surface area contributed by atoms with E-state index < -0.39 is 23.2 Å². The second kappa shape index (κ2) is 10.1. The van der Waals surface area contributed by atoms with Gasteiger partial charge in [-0.15, -0.1) is 0 Å². The van der Waals surface area contributed by atoms with E-state index in [0.29, 0.717) is 12.5 Å². The molecule has 2 rings (SSSR count). The zero-order valence-electron chi connectivity index (χ0n) is 17.4. The molecular formula is C19H32N6O4. The van der Waals surface area contributed by atoms with E-state index in [4.69, 9.17) is 5.73 Å². The van der Waals surface area contributed by atoms with E-state index in [1.807, 2.05) is 6.92 Å². The highest BCUT2D eigenvalue weighted by Crippen LogP contribution is 2.23. The number of hydrogen-bond acceptors (Lipinski definition) is 6. The van der Waals surface area contributed by atoms with Gasteiger partial charge in [0.05, 0.1) is 6.54 Å². The molecule has 5 N–H and O–H groups in total. The molecule has 1 heterocycles. The van der Waals surface area contributed by atoms with Gasteiger partial charge in [0.15, 0.2) is 0 Å². The van der Waals surface area contributed by atoms with E-state index in [1.165, 1.54) is 16.5 Å². The third-order valence-electron chi connectivity index (χ3n) is 5.39. The van der Waals surface area contributed by atoms with Gasteiger partial charge in [-0.1, -0.05) is 33.1 Å². The summed E-state index contributed by atoms with van der Waals surface area (Å²) >= 11 is 0. The number of aromatic amines is 1. The van der Waals surface area contributed by atoms with E-state index in [2.05, 4.69) is 22.5 Å². The van der Waals surface area contributed by atoms with Crippen LogP contribution < -0.4 is 32.5 Å². The largest absolute Gasteiger partial charge is 0.383 e. The number of carbonyl (C=O) groups is 2. The predicted octanol–water partition coefficient (Wildman–Crippen LogP) is 0.760. The van der Waals surface area contributed by atoms with Crippen LogP contribution in [0.5, 0.6) is 0 Å². The molecule has 162 valence electrons. The number of imide groups is 1. The molecule has 2 atom stereocenters. The zero-order chi connectivity index (χ0) is 21.6. The Hall–Kier alpha value is -2.78. The molecule has 1 aromatic rings. The first kappa shape index (κ1) is 22.5. The highest BCUT2D eigenvalue weighted by Gasteiger charge is 2.24. The summed E-state index contributed by atoms with van der Waals surface area (Å²) in [6.07, 6.45) is 5.74. The minimum Gasteiger partial charge on any atom is -0.383 e. The number of nitrogen functional groups attached to an aromatic ring is 1. The average Bonchev–Trinajstić information content (AvgIpc) is 2.63. The number of anilines is 2. The molecule has 10 nitrogen and oxygen atoms in total. The molecule has 3 amide bonds. The van der Waals surface area contributed by atoms with Gasteiger partial charge in [0.25, 0.3) is 5.56 Å². The summed E-state index contributed by atoms with van der Waals surface area (Å²) in [4.78, 5) is 52.2. The normalized spacial score (nSPS) is 18.9. The van der Waals surface area contributed by atoms with Gasteiger partial charge >= 0.3 is 11.7 Å². The number of aromatic nitrogens is 2. The molecule has 0 radical (unpaired) electrons. The average molecular weight is 409 g/mol. The molecule has 0 aromatic carbocycles. The minimum absolute atomic E-state index is 0.00276. The van der Waals surface area contributed by atoms with Crippen LogP contribution in [0.1, 0.15) is 52.4 Å². The number of nitrogens with zero attached hydrogens (tertiary/aromatic N) is 2. The Morgan fingerprint density at radius 2 is 1.97 bits per heavy atom. The fourth-order valence-electron chi connectivity index (χ4n) is 3.68. The van der Waals surface area contributed by atoms with Crippen molar-refractivity contribution in [2.45, 2.75) is 65.0 Å². The lowest BCUT2D eigenvalue weighted by Gasteiger charge is -2.29. The Labute approximate surface area is 169 Å². The highest BCUT2D eigenvalue weighted by atomic mass is 16.2. The monoisotopic (exact) mass is 408 g/mol. The van der Waals surface area contributed by atoms with Crippen LogP contribution in [-0.2, 0) is 11.3 Å². The second-order valence-corrected chi connectivity index (χ2v) is 7.74. The first-order valence-corrected chi connectivity index (χ1v) is 10.2. The van der Waals surface area contributed by atoms with E-state index in [9.17, 15) is 19.2 Å². The van der Waals surface area contributed by atoms with Crippen molar-refractivity contribution in [3.8, 4) is 0 Å². The lowest BCUT2D eigenvalue weighted by Crippen LogP contribution is -2.50. The van der Waals surface area contributed by atoms with Gasteiger partial charge in [-0.05, 0) is 25.2 Å². The van der Waals surface area contributed by atoms with Gasteiger partial charge in [-0.3, -0.25) is 24.5 Å². The molecule has 1 saturated carbocycles. The Morgan fingerprint density at radius 3 is 2.62 bits per heavy atom. The van der Waals surface area contributed by atoms with Crippen molar-refractivity contribution in [3.05, 3.63) is 20.8 Å². The third kappa shape index (κ3) is 5.85. The highest BCUT2D eigenvalue weighted by molar-refractivity contribution is 5.96. The van der Waals surface area contributed by atoms with Crippen LogP contribution in [0.4, 0.5) is 16.3 Å². The van der Waals surface area contributed by atoms with E-state index in [0.717, 1.165) is 38.5 Å². The van der Waals surface area contributed by atoms with Crippen molar-refractivity contribution >= 4 is 23.4 Å². The summed E-state index contributed by atoms with van der Waals surface area (Å²) < 4.78 is 1.28. The first-order chi connectivity index (χ1) is 13.7. The van der Waals surface area contributed by atoms with Crippen LogP contribution in [-0.4, -0.2) is 41.1 Å². The quantitative estimate of drug-likeness (QED) is 0.525. The number of amides is 3. The molecule has 0 spiro atoms. The SMILES string of the molecule is CCCCn1c(N)c(N(C)CC(=O)NC(=O)NC2CCCCC2C)c(=O)[nH]c1=O. The van der Waals surface area contributed by atoms with E-state index >= 15 is 0 Å². The Bertz CT molecular complexity index is 846. The molecule has 1 aromatic heterocycles. The molecule has 29 heavy (non-hydrogen) atoms. The Morgan fingerprint density at radius 1 is 1.28 bits per heavy atom. The van der Waals surface area contributed by atoms with Gasteiger partial charge in [-0.25, -0.2) is 9.59 Å². The number of H-pyrrole nitrogens is 1. The fourth-order valence-corrected chi connectivity index (χ4v) is 3.68. The Balaban J connectivity index is 2.02. The smallest absolute Gasteiger partial charge is 0.330 e. The summed E-state index contributed by atoms with van der Waals surface area (Å²) in [7, 11) is 1.51. The minimum atomic E-state index is -0.670. The van der Waals surface area contributed by atoms with Crippen molar-refractivity contribution in [2.24, 2.45) is 5.92 Å². The van der Waals surface area contributed by atoms with Crippen molar-refractivity contribution in [3.63, 3.8) is 0 Å². The van der Waals surface area contributed by atoms with E-state index in [1.54, 1.807) is 0 Å². The predicted molar refractivity (Wildman–Crippen MR) is 112 cm³/mol. The second-order valence-electron chi connectivity index (χ2n) is 7.74. The molecule has 1 aliphatic carbocycles. The maximum atomic E-state index is 12.3. The van der Waals surface area contributed by atoms with Gasteiger partial charge in [0.2, 0.25) is 5.91 Å². The molecule has 10 heteroatoms. The summed E-state index contributed by atoms with van der Waals surface area (Å²) in [5.41, 5.74) is 4.81. The summed E-state index contributed by atoms with van der Waals surface area (Å²) in [6.45, 7) is 4.17. The van der Waals surface area contributed by atoms with Crippen LogP contribution in [0, 0.1) is 5.92 Å². The van der Waals surface area contributed by atoms with E-state index in [-0.39, 0.29) is 24.1 Å². The maximum Gasteiger partial charge on any atom is 0.330 e. The zero-order valence-corrected chi connectivity index (χ0v) is 17.4. The standard InChI is InChI=1S/C19H32N6O4/c1-4-5-10-25-16(20)15(17(27)23-19(25)29)24(3)11-14(26)22-18(28)21-13-9-7-6-8-12(13)2/h12-13H,4-11,20H2,1-3H3,(H,23,27,29)(H2,21,22,26,28). The molecule has 1 fully saturated rings. The molecule has 0 aliphatic heterocycles. The number of carbonyl (C=O) groups excluding carboxylic acids is 2. The number of hydrogen-bond donors (Lipinski definition) is 4. The van der Waals surface area contributed by atoms with Gasteiger partial charge < -0.3 is 16.0 Å². The van der Waals surface area contributed by atoms with Crippen LogP contribution in [0.15, 0.2) is 9.59 Å². The number of nitrogens with one attached hydrogen (secondary N) is 3. The fraction of sp³-hybridized carbons (Fsp3) is 0.684. The molecular weight excluding hydrogens is 376 g/mol. The number of unbranched alkanes of at least 4 members (excludes halogenated alkanes) is 1. The first-order valence-electron chi connectivity index (χ1n) is 10.2. The Kier molecular flexibility index (Phi) is 7.86. The lowest BCUT2D eigenvalue weighted by molar-refractivity contribution is -0.118. The van der Waals surface area contributed by atoms with Crippen LogP contribution in [0.3, 0.4) is 0 Å². The number of likely N-dealkylation sites (N-methyl/N-ethyl adjacent to an activating group) is 1. The number of urea groups is 1. The van der Waals surface area contributed by atoms with Crippen molar-refractivity contribution in [1.29, 1.82) is 0 Å². The van der Waals surface area contributed by atoms with Crippen LogP contribution >= 0.6 is 0 Å². The van der Waals surface area contributed by atoms with Crippen LogP contribution in [0.2, 0.25) is 0 Å². The topological polar surface area (TPSA) is 142 Å². The summed E-state index contributed by atoms with van der Waals surface area (Å²) in [5, 5.41) is 5.14. The van der Waals surface area contributed by atoms with Crippen LogP contribution in [0.25, 0.3) is 0 Å². The van der Waals surface area contributed by atoms with Gasteiger partial charge in [0, 0.05) is 19.6 Å². The maximum absolute atomic E-state index is 12.3. The van der Waals surface area contributed by atoms with Crippen molar-refractivity contribution in [2.75, 3.05) is 24.2 Å². The number of nitrogens with two attached hydrogens (primary N) is 1. The van der Waals surface area contributed by atoms with Gasteiger partial charge in [-0.2, -0.15) is 0 Å². The summed E-state index contributed by atoms with van der Waals surface area (Å²) in [5.74, 6) is -0.198. The molecule has 2 unspecified atom stereocenters. The van der Waals surface area contributed by atoms with Crippen molar-refractivity contribution in [1.82, 2.24) is 20.2 Å².